The summed E-state index contributed by atoms with van der Waals surface area (Å²) in [5, 5.41) is 10.5. The Hall–Kier alpha value is -1.59. The summed E-state index contributed by atoms with van der Waals surface area (Å²) < 4.78 is 24.3. The van der Waals surface area contributed by atoms with Crippen molar-refractivity contribution in [1.29, 1.82) is 0 Å². The summed E-state index contributed by atoms with van der Waals surface area (Å²) in [6.07, 6.45) is -0.999. The summed E-state index contributed by atoms with van der Waals surface area (Å²) >= 11 is 3.31. The van der Waals surface area contributed by atoms with Gasteiger partial charge in [-0.2, -0.15) is 0 Å². The molecule has 0 aliphatic rings. The summed E-state index contributed by atoms with van der Waals surface area (Å²) in [5.74, 6) is 0.693. The molecule has 106 valence electrons. The van der Waals surface area contributed by atoms with Crippen LogP contribution < -0.4 is 9.47 Å². The molecule has 0 saturated heterocycles. The molecule has 1 N–H and O–H groups in total. The standard InChI is InChI=1S/C15H14BrFO3/c1-19-10-4-5-11(14(8-10)20-2)15(18)12-7-9(17)3-6-13(12)16/h3-8,15,18H,1-2H3. The molecule has 2 aromatic carbocycles. The lowest BCUT2D eigenvalue weighted by atomic mass is 10.0. The highest BCUT2D eigenvalue weighted by atomic mass is 79.9. The number of aliphatic hydroxyl groups is 1. The largest absolute Gasteiger partial charge is 0.497 e. The normalized spacial score (nSPS) is 12.1. The molecule has 0 amide bonds. The summed E-state index contributed by atoms with van der Waals surface area (Å²) in [6.45, 7) is 0. The molecule has 2 rings (SSSR count). The zero-order valence-electron chi connectivity index (χ0n) is 11.1. The van der Waals surface area contributed by atoms with Crippen LogP contribution in [0.2, 0.25) is 0 Å². The Bertz CT molecular complexity index is 616. The molecular weight excluding hydrogens is 327 g/mol. The highest BCUT2D eigenvalue weighted by Crippen LogP contribution is 2.35. The number of hydrogen-bond acceptors (Lipinski definition) is 3. The van der Waals surface area contributed by atoms with Crippen molar-refractivity contribution in [3.8, 4) is 11.5 Å². The molecule has 0 aromatic heterocycles. The van der Waals surface area contributed by atoms with E-state index in [1.807, 2.05) is 0 Å². The lowest BCUT2D eigenvalue weighted by molar-refractivity contribution is 0.213. The molecule has 3 nitrogen and oxygen atoms in total. The van der Waals surface area contributed by atoms with Crippen LogP contribution in [0.3, 0.4) is 0 Å². The predicted octanol–water partition coefficient (Wildman–Crippen LogP) is 3.69. The van der Waals surface area contributed by atoms with E-state index in [0.29, 0.717) is 27.1 Å². The Morgan fingerprint density at radius 2 is 1.80 bits per heavy atom. The number of aliphatic hydroxyl groups excluding tert-OH is 1. The minimum Gasteiger partial charge on any atom is -0.497 e. The zero-order valence-corrected chi connectivity index (χ0v) is 12.6. The number of benzene rings is 2. The van der Waals surface area contributed by atoms with Crippen LogP contribution in [0, 0.1) is 5.82 Å². The van der Waals surface area contributed by atoms with Gasteiger partial charge in [0, 0.05) is 21.7 Å². The van der Waals surface area contributed by atoms with Gasteiger partial charge in [0.1, 0.15) is 23.4 Å². The molecule has 5 heteroatoms. The summed E-state index contributed by atoms with van der Waals surface area (Å²) in [5.41, 5.74) is 0.980. The maximum absolute atomic E-state index is 13.3. The van der Waals surface area contributed by atoms with Crippen molar-refractivity contribution in [2.45, 2.75) is 6.10 Å². The fraction of sp³-hybridized carbons (Fsp3) is 0.200. The van der Waals surface area contributed by atoms with Crippen LogP contribution in [-0.4, -0.2) is 19.3 Å². The SMILES string of the molecule is COc1ccc(C(O)c2cc(F)ccc2Br)c(OC)c1. The van der Waals surface area contributed by atoms with Crippen LogP contribution >= 0.6 is 15.9 Å². The third-order valence-electron chi connectivity index (χ3n) is 2.99. The first-order valence-electron chi connectivity index (χ1n) is 5.91. The highest BCUT2D eigenvalue weighted by molar-refractivity contribution is 9.10. The van der Waals surface area contributed by atoms with Crippen LogP contribution in [0.1, 0.15) is 17.2 Å². The van der Waals surface area contributed by atoms with E-state index in [0.717, 1.165) is 0 Å². The minimum absolute atomic E-state index is 0.408. The monoisotopic (exact) mass is 340 g/mol. The van der Waals surface area contributed by atoms with Gasteiger partial charge >= 0.3 is 0 Å². The number of hydrogen-bond donors (Lipinski definition) is 1. The Morgan fingerprint density at radius 3 is 2.45 bits per heavy atom. The topological polar surface area (TPSA) is 38.7 Å². The first kappa shape index (κ1) is 14.8. The lowest BCUT2D eigenvalue weighted by Crippen LogP contribution is -2.04. The first-order chi connectivity index (χ1) is 9.56. The lowest BCUT2D eigenvalue weighted by Gasteiger charge is -2.17. The number of methoxy groups -OCH3 is 2. The Morgan fingerprint density at radius 1 is 1.05 bits per heavy atom. The first-order valence-corrected chi connectivity index (χ1v) is 6.71. The second-order valence-electron chi connectivity index (χ2n) is 4.18. The molecule has 0 radical (unpaired) electrons. The molecule has 20 heavy (non-hydrogen) atoms. The molecule has 0 aliphatic carbocycles. The Balaban J connectivity index is 2.47. The van der Waals surface area contributed by atoms with Gasteiger partial charge in [0.05, 0.1) is 14.2 Å². The van der Waals surface area contributed by atoms with E-state index in [1.54, 1.807) is 31.4 Å². The molecule has 0 bridgehead atoms. The summed E-state index contributed by atoms with van der Waals surface area (Å²) in [6, 6.07) is 9.26. The van der Waals surface area contributed by atoms with Crippen LogP contribution in [-0.2, 0) is 0 Å². The zero-order chi connectivity index (χ0) is 14.7. The van der Waals surface area contributed by atoms with Crippen molar-refractivity contribution < 1.29 is 19.0 Å². The fourth-order valence-electron chi connectivity index (χ4n) is 1.94. The molecule has 0 spiro atoms. The third kappa shape index (κ3) is 2.94. The summed E-state index contributed by atoms with van der Waals surface area (Å²) in [7, 11) is 3.06. The number of ether oxygens (including phenoxy) is 2. The maximum Gasteiger partial charge on any atom is 0.128 e. The van der Waals surface area contributed by atoms with Gasteiger partial charge in [-0.05, 0) is 30.3 Å². The van der Waals surface area contributed by atoms with Crippen molar-refractivity contribution in [3.05, 3.63) is 57.8 Å². The van der Waals surface area contributed by atoms with Gasteiger partial charge in [0.2, 0.25) is 0 Å². The minimum atomic E-state index is -0.999. The average Bonchev–Trinajstić information content (AvgIpc) is 2.48. The number of rotatable bonds is 4. The smallest absolute Gasteiger partial charge is 0.128 e. The van der Waals surface area contributed by atoms with Crippen LogP contribution in [0.25, 0.3) is 0 Å². The van der Waals surface area contributed by atoms with Crippen molar-refractivity contribution in [1.82, 2.24) is 0 Å². The van der Waals surface area contributed by atoms with Crippen LogP contribution in [0.15, 0.2) is 40.9 Å². The molecule has 2 aromatic rings. The molecule has 0 heterocycles. The van der Waals surface area contributed by atoms with Crippen LogP contribution in [0.5, 0.6) is 11.5 Å². The predicted molar refractivity (Wildman–Crippen MR) is 77.7 cm³/mol. The van der Waals surface area contributed by atoms with E-state index in [1.165, 1.54) is 19.2 Å². The van der Waals surface area contributed by atoms with Gasteiger partial charge in [-0.25, -0.2) is 4.39 Å². The quantitative estimate of drug-likeness (QED) is 0.922. The van der Waals surface area contributed by atoms with Crippen molar-refractivity contribution >= 4 is 15.9 Å². The van der Waals surface area contributed by atoms with Crippen molar-refractivity contribution in [2.75, 3.05) is 14.2 Å². The molecule has 0 fully saturated rings. The molecule has 0 aliphatic heterocycles. The van der Waals surface area contributed by atoms with Crippen molar-refractivity contribution in [3.63, 3.8) is 0 Å². The van der Waals surface area contributed by atoms with Gasteiger partial charge in [0.15, 0.2) is 0 Å². The van der Waals surface area contributed by atoms with Gasteiger partial charge in [0.25, 0.3) is 0 Å². The molecule has 1 unspecified atom stereocenters. The Labute approximate surface area is 125 Å². The van der Waals surface area contributed by atoms with E-state index in [4.69, 9.17) is 9.47 Å². The fourth-order valence-corrected chi connectivity index (χ4v) is 2.40. The molecule has 1 atom stereocenters. The van der Waals surface area contributed by atoms with Crippen LogP contribution in [0.4, 0.5) is 4.39 Å². The molecule has 0 saturated carbocycles. The van der Waals surface area contributed by atoms with Gasteiger partial charge in [-0.1, -0.05) is 15.9 Å². The van der Waals surface area contributed by atoms with Gasteiger partial charge in [-0.3, -0.25) is 0 Å². The van der Waals surface area contributed by atoms with E-state index in [2.05, 4.69) is 15.9 Å². The van der Waals surface area contributed by atoms with Gasteiger partial charge in [-0.15, -0.1) is 0 Å². The van der Waals surface area contributed by atoms with Crippen molar-refractivity contribution in [2.24, 2.45) is 0 Å². The van der Waals surface area contributed by atoms with E-state index < -0.39 is 11.9 Å². The second kappa shape index (κ2) is 6.24. The second-order valence-corrected chi connectivity index (χ2v) is 5.03. The van der Waals surface area contributed by atoms with Gasteiger partial charge < -0.3 is 14.6 Å². The average molecular weight is 341 g/mol. The maximum atomic E-state index is 13.3. The summed E-state index contributed by atoms with van der Waals surface area (Å²) in [4.78, 5) is 0. The highest BCUT2D eigenvalue weighted by Gasteiger charge is 2.19. The van der Waals surface area contributed by atoms with E-state index in [9.17, 15) is 9.50 Å². The van der Waals surface area contributed by atoms with E-state index in [-0.39, 0.29) is 0 Å². The molecular formula is C15H14BrFO3. The Kier molecular flexibility index (Phi) is 4.62. The third-order valence-corrected chi connectivity index (χ3v) is 3.71. The van der Waals surface area contributed by atoms with E-state index >= 15 is 0 Å². The number of halogens is 2.